The molecule has 2 aliphatic heterocycles. The number of piperazine rings is 1. The summed E-state index contributed by atoms with van der Waals surface area (Å²) in [7, 11) is 0. The molecule has 2 fully saturated rings. The van der Waals surface area contributed by atoms with Gasteiger partial charge in [0.2, 0.25) is 0 Å². The van der Waals surface area contributed by atoms with Gasteiger partial charge in [0.15, 0.2) is 5.78 Å². The Morgan fingerprint density at radius 3 is 2.91 bits per heavy atom. The topological polar surface area (TPSA) is 95.7 Å². The van der Waals surface area contributed by atoms with Gasteiger partial charge < -0.3 is 15.3 Å². The van der Waals surface area contributed by atoms with E-state index in [1.165, 1.54) is 25.1 Å². The van der Waals surface area contributed by atoms with Crippen molar-refractivity contribution in [2.24, 2.45) is 0 Å². The molecule has 0 saturated carbocycles. The molecular weight excluding hydrogens is 286 g/mol. The minimum Gasteiger partial charge on any atom is -0.395 e. The lowest BCUT2D eigenvalue weighted by atomic mass is 10.0. The molecule has 7 heteroatoms. The summed E-state index contributed by atoms with van der Waals surface area (Å²) in [6, 6.07) is 4.58. The molecule has 0 spiro atoms. The zero-order chi connectivity index (χ0) is 15.9. The molecule has 1 aromatic carbocycles. The fourth-order valence-electron chi connectivity index (χ4n) is 3.64. The highest BCUT2D eigenvalue weighted by molar-refractivity contribution is 6.00. The molecule has 1 aromatic rings. The number of nitro benzene ring substituents is 1. The standard InChI is InChI=1S/C15H19N3O4/c1-9(20)12-4-2-10(18(21)22)6-15(12)17-11-3-5-14(17)13(8-19)16-7-11/h2,4,6,11,13-14,16,19H,3,5,7-8H2,1H3/t11-,13-,14+/m1/s1. The van der Waals surface area contributed by atoms with E-state index in [2.05, 4.69) is 10.2 Å². The summed E-state index contributed by atoms with van der Waals surface area (Å²) in [5, 5.41) is 23.9. The van der Waals surface area contributed by atoms with E-state index >= 15 is 0 Å². The van der Waals surface area contributed by atoms with Gasteiger partial charge in [-0.05, 0) is 25.8 Å². The summed E-state index contributed by atoms with van der Waals surface area (Å²) in [6.07, 6.45) is 1.86. The predicted molar refractivity (Wildman–Crippen MR) is 81.3 cm³/mol. The number of nitrogens with zero attached hydrogens (tertiary/aromatic N) is 2. The van der Waals surface area contributed by atoms with Crippen LogP contribution in [0.5, 0.6) is 0 Å². The molecule has 0 amide bonds. The number of carbonyl (C=O) groups is 1. The summed E-state index contributed by atoms with van der Waals surface area (Å²) < 4.78 is 0. The molecule has 3 rings (SSSR count). The van der Waals surface area contributed by atoms with Crippen LogP contribution in [0.25, 0.3) is 0 Å². The Balaban J connectivity index is 2.07. The van der Waals surface area contributed by atoms with Gasteiger partial charge in [0.25, 0.3) is 5.69 Å². The largest absolute Gasteiger partial charge is 0.395 e. The number of benzene rings is 1. The lowest BCUT2D eigenvalue weighted by Crippen LogP contribution is -2.59. The summed E-state index contributed by atoms with van der Waals surface area (Å²) in [6.45, 7) is 2.19. The molecular formula is C15H19N3O4. The number of anilines is 1. The number of nitrogens with one attached hydrogen (secondary N) is 1. The van der Waals surface area contributed by atoms with Crippen molar-refractivity contribution in [2.45, 2.75) is 37.9 Å². The Bertz CT molecular complexity index is 619. The number of aliphatic hydroxyl groups excluding tert-OH is 1. The van der Waals surface area contributed by atoms with Crippen molar-refractivity contribution in [1.82, 2.24) is 5.32 Å². The zero-order valence-corrected chi connectivity index (χ0v) is 12.4. The average Bonchev–Trinajstić information content (AvgIpc) is 2.80. The highest BCUT2D eigenvalue weighted by Gasteiger charge is 2.43. The lowest BCUT2D eigenvalue weighted by Gasteiger charge is -2.42. The molecule has 0 aromatic heterocycles. The Labute approximate surface area is 128 Å². The number of hydrogen-bond donors (Lipinski definition) is 2. The molecule has 0 aliphatic carbocycles. The van der Waals surface area contributed by atoms with E-state index in [1.807, 2.05) is 0 Å². The number of hydrogen-bond acceptors (Lipinski definition) is 6. The van der Waals surface area contributed by atoms with E-state index in [-0.39, 0.29) is 36.2 Å². The molecule has 3 atom stereocenters. The van der Waals surface area contributed by atoms with Crippen molar-refractivity contribution in [3.63, 3.8) is 0 Å². The van der Waals surface area contributed by atoms with Crippen LogP contribution in [0.1, 0.15) is 30.1 Å². The van der Waals surface area contributed by atoms with Gasteiger partial charge in [0, 0.05) is 36.3 Å². The molecule has 2 bridgehead atoms. The van der Waals surface area contributed by atoms with Gasteiger partial charge in [0.1, 0.15) is 0 Å². The Morgan fingerprint density at radius 2 is 2.27 bits per heavy atom. The first kappa shape index (κ1) is 14.9. The number of fused-ring (bicyclic) bond motifs is 2. The molecule has 2 heterocycles. The van der Waals surface area contributed by atoms with Crippen LogP contribution in [0.4, 0.5) is 11.4 Å². The van der Waals surface area contributed by atoms with Gasteiger partial charge in [-0.2, -0.15) is 0 Å². The molecule has 0 radical (unpaired) electrons. The first-order chi connectivity index (χ1) is 10.5. The molecule has 0 unspecified atom stereocenters. The third-order valence-electron chi connectivity index (χ3n) is 4.67. The number of Topliss-reactive ketones (excluding diaryl/α,β-unsaturated/α-hetero) is 1. The van der Waals surface area contributed by atoms with E-state index in [0.29, 0.717) is 17.8 Å². The van der Waals surface area contributed by atoms with Crippen molar-refractivity contribution in [1.29, 1.82) is 0 Å². The van der Waals surface area contributed by atoms with Crippen molar-refractivity contribution in [3.05, 3.63) is 33.9 Å². The fourth-order valence-corrected chi connectivity index (χ4v) is 3.64. The number of non-ortho nitro benzene ring substituents is 1. The summed E-state index contributed by atoms with van der Waals surface area (Å²) in [5.41, 5.74) is 1.11. The number of rotatable bonds is 4. The van der Waals surface area contributed by atoms with E-state index in [1.54, 1.807) is 0 Å². The number of nitro groups is 1. The number of aliphatic hydroxyl groups is 1. The molecule has 2 N–H and O–H groups in total. The summed E-state index contributed by atoms with van der Waals surface area (Å²) >= 11 is 0. The van der Waals surface area contributed by atoms with Gasteiger partial charge in [-0.1, -0.05) is 0 Å². The Hall–Kier alpha value is -1.99. The number of ketones is 1. The van der Waals surface area contributed by atoms with Crippen molar-refractivity contribution in [3.8, 4) is 0 Å². The van der Waals surface area contributed by atoms with E-state index in [4.69, 9.17) is 0 Å². The van der Waals surface area contributed by atoms with Crippen LogP contribution in [-0.4, -0.2) is 47.1 Å². The first-order valence-corrected chi connectivity index (χ1v) is 7.45. The lowest BCUT2D eigenvalue weighted by molar-refractivity contribution is -0.384. The van der Waals surface area contributed by atoms with Crippen LogP contribution in [0.2, 0.25) is 0 Å². The maximum Gasteiger partial charge on any atom is 0.271 e. The van der Waals surface area contributed by atoms with Crippen molar-refractivity contribution >= 4 is 17.2 Å². The summed E-state index contributed by atoms with van der Waals surface area (Å²) in [4.78, 5) is 24.6. The van der Waals surface area contributed by atoms with Gasteiger partial charge >= 0.3 is 0 Å². The molecule has 2 saturated heterocycles. The molecule has 7 nitrogen and oxygen atoms in total. The van der Waals surface area contributed by atoms with Crippen LogP contribution in [-0.2, 0) is 0 Å². The minimum absolute atomic E-state index is 0.0121. The van der Waals surface area contributed by atoms with E-state index in [0.717, 1.165) is 12.8 Å². The second-order valence-corrected chi connectivity index (χ2v) is 5.92. The van der Waals surface area contributed by atoms with Crippen molar-refractivity contribution in [2.75, 3.05) is 18.1 Å². The molecule has 118 valence electrons. The van der Waals surface area contributed by atoms with Crippen LogP contribution in [0, 0.1) is 10.1 Å². The monoisotopic (exact) mass is 305 g/mol. The zero-order valence-electron chi connectivity index (χ0n) is 12.4. The average molecular weight is 305 g/mol. The van der Waals surface area contributed by atoms with Gasteiger partial charge in [-0.25, -0.2) is 0 Å². The number of carbonyl (C=O) groups excluding carboxylic acids is 1. The van der Waals surface area contributed by atoms with Crippen LogP contribution >= 0.6 is 0 Å². The summed E-state index contributed by atoms with van der Waals surface area (Å²) in [5.74, 6) is -0.108. The third kappa shape index (κ3) is 2.36. The Morgan fingerprint density at radius 1 is 1.50 bits per heavy atom. The predicted octanol–water partition coefficient (Wildman–Crippen LogP) is 1.10. The fraction of sp³-hybridized carbons (Fsp3) is 0.533. The second kappa shape index (κ2) is 5.66. The molecule has 2 aliphatic rings. The maximum absolute atomic E-state index is 11.9. The van der Waals surface area contributed by atoms with Crippen LogP contribution in [0.15, 0.2) is 18.2 Å². The first-order valence-electron chi connectivity index (χ1n) is 7.45. The van der Waals surface area contributed by atoms with Gasteiger partial charge in [-0.3, -0.25) is 14.9 Å². The highest BCUT2D eigenvalue weighted by Crippen LogP contribution is 2.38. The quantitative estimate of drug-likeness (QED) is 0.491. The smallest absolute Gasteiger partial charge is 0.271 e. The van der Waals surface area contributed by atoms with E-state index < -0.39 is 4.92 Å². The Kier molecular flexibility index (Phi) is 3.84. The second-order valence-electron chi connectivity index (χ2n) is 5.92. The third-order valence-corrected chi connectivity index (χ3v) is 4.67. The van der Waals surface area contributed by atoms with Crippen LogP contribution in [0.3, 0.4) is 0 Å². The maximum atomic E-state index is 11.9. The normalized spacial score (nSPS) is 27.0. The van der Waals surface area contributed by atoms with Crippen molar-refractivity contribution < 1.29 is 14.8 Å². The van der Waals surface area contributed by atoms with Crippen LogP contribution < -0.4 is 10.2 Å². The minimum atomic E-state index is -0.443. The molecule has 22 heavy (non-hydrogen) atoms. The van der Waals surface area contributed by atoms with E-state index in [9.17, 15) is 20.0 Å². The van der Waals surface area contributed by atoms with Gasteiger partial charge in [-0.15, -0.1) is 0 Å². The van der Waals surface area contributed by atoms with Gasteiger partial charge in [0.05, 0.1) is 23.3 Å². The SMILES string of the molecule is CC(=O)c1ccc([N+](=O)[O-])cc1N1[C@@H]2CC[C@H]1[C@@H](CO)NC2. The highest BCUT2D eigenvalue weighted by atomic mass is 16.6.